The van der Waals surface area contributed by atoms with E-state index in [1.807, 2.05) is 29.8 Å². The van der Waals surface area contributed by atoms with Crippen molar-refractivity contribution in [2.45, 2.75) is 52.0 Å². The van der Waals surface area contributed by atoms with Crippen molar-refractivity contribution in [3.05, 3.63) is 33.9 Å². The van der Waals surface area contributed by atoms with E-state index in [2.05, 4.69) is 21.2 Å². The van der Waals surface area contributed by atoms with Crippen molar-refractivity contribution < 1.29 is 9.90 Å². The molecule has 2 bridgehead atoms. The van der Waals surface area contributed by atoms with Crippen LogP contribution >= 0.6 is 15.9 Å². The highest BCUT2D eigenvalue weighted by molar-refractivity contribution is 9.10. The van der Waals surface area contributed by atoms with Crippen molar-refractivity contribution in [3.8, 4) is 0 Å². The number of nitrogens with zero attached hydrogens (tertiary/aromatic N) is 1. The number of aliphatic hydroxyl groups excluding tert-OH is 1. The van der Waals surface area contributed by atoms with Gasteiger partial charge in [-0.1, -0.05) is 15.9 Å². The number of amides is 1. The van der Waals surface area contributed by atoms with E-state index in [9.17, 15) is 9.90 Å². The zero-order valence-corrected chi connectivity index (χ0v) is 16.9. The first-order valence-electron chi connectivity index (χ1n) is 9.69. The van der Waals surface area contributed by atoms with Crippen LogP contribution in [0.2, 0.25) is 0 Å². The summed E-state index contributed by atoms with van der Waals surface area (Å²) in [7, 11) is 0. The molecular weight excluding hydrogens is 392 g/mol. The second-order valence-corrected chi connectivity index (χ2v) is 9.16. The minimum Gasteiger partial charge on any atom is -0.395 e. The number of benzene rings is 1. The molecule has 5 heteroatoms. The molecule has 2 N–H and O–H groups in total. The second kappa shape index (κ2) is 7.01. The molecule has 2 aromatic rings. The molecule has 3 aliphatic rings. The molecule has 0 atom stereocenters. The number of aromatic nitrogens is 1. The molecule has 0 unspecified atom stereocenters. The van der Waals surface area contributed by atoms with Gasteiger partial charge < -0.3 is 15.0 Å². The third kappa shape index (κ3) is 3.20. The minimum atomic E-state index is 0.0131. The Morgan fingerprint density at radius 3 is 2.65 bits per heavy atom. The first kappa shape index (κ1) is 18.1. The van der Waals surface area contributed by atoms with Crippen molar-refractivity contribution in [2.24, 2.45) is 11.3 Å². The van der Waals surface area contributed by atoms with Crippen LogP contribution in [0.5, 0.6) is 0 Å². The maximum Gasteiger partial charge on any atom is 0.253 e. The lowest BCUT2D eigenvalue weighted by molar-refractivity contribution is 0.0598. The fourth-order valence-electron chi connectivity index (χ4n) is 5.02. The molecular formula is C21H27BrN2O2. The van der Waals surface area contributed by atoms with E-state index < -0.39 is 0 Å². The molecule has 1 aromatic carbocycles. The highest BCUT2D eigenvalue weighted by atomic mass is 79.9. The van der Waals surface area contributed by atoms with Gasteiger partial charge in [0.1, 0.15) is 0 Å². The summed E-state index contributed by atoms with van der Waals surface area (Å²) in [6.07, 6.45) is 9.67. The van der Waals surface area contributed by atoms with Crippen molar-refractivity contribution in [2.75, 3.05) is 13.2 Å². The number of aryl methyl sites for hydroxylation is 1. The number of carbonyl (C=O) groups is 1. The third-order valence-corrected chi connectivity index (χ3v) is 7.06. The number of carbonyl (C=O) groups excluding carboxylic acids is 1. The molecule has 0 spiro atoms. The molecule has 140 valence electrons. The second-order valence-electron chi connectivity index (χ2n) is 8.24. The highest BCUT2D eigenvalue weighted by Crippen LogP contribution is 2.49. The quantitative estimate of drug-likeness (QED) is 0.755. The van der Waals surface area contributed by atoms with E-state index in [-0.39, 0.29) is 12.5 Å². The Morgan fingerprint density at radius 2 is 2.00 bits per heavy atom. The monoisotopic (exact) mass is 418 g/mol. The van der Waals surface area contributed by atoms with Crippen molar-refractivity contribution in [3.63, 3.8) is 0 Å². The molecule has 0 radical (unpaired) electrons. The van der Waals surface area contributed by atoms with Crippen LogP contribution in [0.3, 0.4) is 0 Å². The topological polar surface area (TPSA) is 54.3 Å². The molecule has 3 saturated carbocycles. The summed E-state index contributed by atoms with van der Waals surface area (Å²) in [5, 5.41) is 13.6. The van der Waals surface area contributed by atoms with E-state index in [1.165, 1.54) is 38.5 Å². The van der Waals surface area contributed by atoms with Gasteiger partial charge in [-0.2, -0.15) is 0 Å². The Bertz CT molecular complexity index is 820. The van der Waals surface area contributed by atoms with Gasteiger partial charge in [-0.3, -0.25) is 4.79 Å². The van der Waals surface area contributed by atoms with Gasteiger partial charge in [-0.25, -0.2) is 0 Å². The molecule has 0 aliphatic heterocycles. The van der Waals surface area contributed by atoms with Crippen LogP contribution in [0, 0.1) is 18.3 Å². The van der Waals surface area contributed by atoms with E-state index in [0.29, 0.717) is 12.0 Å². The van der Waals surface area contributed by atoms with E-state index in [0.717, 1.165) is 39.0 Å². The highest BCUT2D eigenvalue weighted by Gasteiger charge is 2.40. The Balaban J connectivity index is 1.60. The lowest BCUT2D eigenvalue weighted by Gasteiger charge is -2.46. The van der Waals surface area contributed by atoms with Crippen molar-refractivity contribution in [1.82, 2.24) is 9.88 Å². The number of halogens is 1. The van der Waals surface area contributed by atoms with Gasteiger partial charge >= 0.3 is 0 Å². The van der Waals surface area contributed by atoms with Gasteiger partial charge in [-0.05, 0) is 74.5 Å². The number of aliphatic hydroxyl groups is 1. The summed E-state index contributed by atoms with van der Waals surface area (Å²) < 4.78 is 2.97. The van der Waals surface area contributed by atoms with Crippen LogP contribution in [0.15, 0.2) is 22.8 Å². The number of hydrogen-bond acceptors (Lipinski definition) is 2. The molecule has 4 nitrogen and oxygen atoms in total. The summed E-state index contributed by atoms with van der Waals surface area (Å²) in [5.41, 5.74) is 3.12. The predicted molar refractivity (Wildman–Crippen MR) is 107 cm³/mol. The lowest BCUT2D eigenvalue weighted by Crippen LogP contribution is -2.43. The van der Waals surface area contributed by atoms with Crippen molar-refractivity contribution >= 4 is 32.7 Å². The smallest absolute Gasteiger partial charge is 0.253 e. The van der Waals surface area contributed by atoms with Gasteiger partial charge in [0.25, 0.3) is 5.91 Å². The van der Waals surface area contributed by atoms with Gasteiger partial charge in [0, 0.05) is 29.1 Å². The Kier molecular flexibility index (Phi) is 4.86. The third-order valence-electron chi connectivity index (χ3n) is 6.60. The number of fused-ring (bicyclic) bond motifs is 4. The standard InChI is InChI=1S/C21H27BrN2O2/c1-14-10-16(22)11-18-19(14)17(12-24(18)8-9-25)20(26)23-13-21-5-2-15(3-6-21)4-7-21/h10-12,15,25H,2-9,13H2,1H3,(H,23,26). The van der Waals surface area contributed by atoms with Gasteiger partial charge in [-0.15, -0.1) is 0 Å². The fraction of sp³-hybridized carbons (Fsp3) is 0.571. The minimum absolute atomic E-state index is 0.0131. The van der Waals surface area contributed by atoms with Crippen LogP contribution in [-0.2, 0) is 6.54 Å². The molecule has 1 aromatic heterocycles. The van der Waals surface area contributed by atoms with E-state index >= 15 is 0 Å². The lowest BCUT2D eigenvalue weighted by atomic mass is 9.61. The number of hydrogen-bond donors (Lipinski definition) is 2. The summed E-state index contributed by atoms with van der Waals surface area (Å²) >= 11 is 3.54. The average Bonchev–Trinajstić information content (AvgIpc) is 3.00. The fourth-order valence-corrected chi connectivity index (χ4v) is 5.58. The maximum atomic E-state index is 13.0. The normalized spacial score (nSPS) is 25.0. The molecule has 1 heterocycles. The summed E-state index contributed by atoms with van der Waals surface area (Å²) in [6.45, 7) is 3.38. The Morgan fingerprint density at radius 1 is 1.31 bits per heavy atom. The molecule has 3 fully saturated rings. The first-order chi connectivity index (χ1) is 12.5. The van der Waals surface area contributed by atoms with Crippen LogP contribution in [0.1, 0.15) is 54.4 Å². The summed E-state index contributed by atoms with van der Waals surface area (Å²) in [4.78, 5) is 13.0. The van der Waals surface area contributed by atoms with E-state index in [1.54, 1.807) is 0 Å². The Labute approximate surface area is 163 Å². The van der Waals surface area contributed by atoms with Crippen molar-refractivity contribution in [1.29, 1.82) is 0 Å². The molecule has 26 heavy (non-hydrogen) atoms. The average molecular weight is 419 g/mol. The van der Waals surface area contributed by atoms with Crippen LogP contribution in [0.4, 0.5) is 0 Å². The summed E-state index contributed by atoms with van der Waals surface area (Å²) in [6, 6.07) is 4.07. The summed E-state index contributed by atoms with van der Waals surface area (Å²) in [5.74, 6) is 0.948. The number of rotatable bonds is 5. The molecule has 1 amide bonds. The molecule has 0 saturated heterocycles. The predicted octanol–water partition coefficient (Wildman–Crippen LogP) is 4.40. The first-order valence-corrected chi connectivity index (χ1v) is 10.5. The number of nitrogens with one attached hydrogen (secondary N) is 1. The Hall–Kier alpha value is -1.33. The van der Waals surface area contributed by atoms with Gasteiger partial charge in [0.05, 0.1) is 17.7 Å². The zero-order chi connectivity index (χ0) is 18.3. The van der Waals surface area contributed by atoms with E-state index in [4.69, 9.17) is 0 Å². The SMILES string of the molecule is Cc1cc(Br)cc2c1c(C(=O)NCC13CCC(CC1)CC3)cn2CCO. The molecule has 3 aliphatic carbocycles. The maximum absolute atomic E-state index is 13.0. The largest absolute Gasteiger partial charge is 0.395 e. The molecule has 5 rings (SSSR count). The zero-order valence-electron chi connectivity index (χ0n) is 15.4. The van der Waals surface area contributed by atoms with Gasteiger partial charge in [0.15, 0.2) is 0 Å². The van der Waals surface area contributed by atoms with Crippen LogP contribution < -0.4 is 5.32 Å². The van der Waals surface area contributed by atoms with Gasteiger partial charge in [0.2, 0.25) is 0 Å². The van der Waals surface area contributed by atoms with Crippen LogP contribution in [0.25, 0.3) is 10.9 Å². The van der Waals surface area contributed by atoms with Crippen LogP contribution in [-0.4, -0.2) is 28.7 Å².